The maximum Gasteiger partial charge on any atom is 0.325 e. The fraction of sp³-hybridized carbons (Fsp3) is 0.167. The van der Waals surface area contributed by atoms with Crippen LogP contribution in [0.25, 0.3) is 0 Å². The molecule has 158 valence electrons. The molecular formula is C24H23FN4O2. The maximum absolute atomic E-state index is 13.1. The molecule has 3 aromatic rings. The Kier molecular flexibility index (Phi) is 5.58. The van der Waals surface area contributed by atoms with E-state index in [9.17, 15) is 14.0 Å². The standard InChI is InChI=1S/C24H23FN4O2/c1-16-21-13-12-20(27-23(30)26-19-10-8-18(25)9-11-19)14-22(21)29(24(31)28(16)2)15-17-6-4-3-5-7-17/h3-14,16H,15H2,1-2H3,(H2,26,27,30)/t16-/m0/s1. The Morgan fingerprint density at radius 1 is 0.968 bits per heavy atom. The third kappa shape index (κ3) is 4.35. The van der Waals surface area contributed by atoms with Crippen molar-refractivity contribution in [3.8, 4) is 0 Å². The molecule has 0 aliphatic carbocycles. The number of carbonyl (C=O) groups excluding carboxylic acids is 2. The highest BCUT2D eigenvalue weighted by atomic mass is 19.1. The fourth-order valence-corrected chi connectivity index (χ4v) is 3.62. The van der Waals surface area contributed by atoms with Crippen LogP contribution < -0.4 is 15.5 Å². The van der Waals surface area contributed by atoms with Crippen molar-refractivity contribution in [1.82, 2.24) is 4.90 Å². The summed E-state index contributed by atoms with van der Waals surface area (Å²) in [4.78, 5) is 28.8. The Labute approximate surface area is 180 Å². The molecule has 0 bridgehead atoms. The van der Waals surface area contributed by atoms with Crippen LogP contribution in [-0.4, -0.2) is 24.0 Å². The van der Waals surface area contributed by atoms with Gasteiger partial charge >= 0.3 is 12.1 Å². The van der Waals surface area contributed by atoms with Gasteiger partial charge in [-0.25, -0.2) is 14.0 Å². The number of amides is 4. The molecule has 0 fully saturated rings. The second kappa shape index (κ2) is 8.47. The summed E-state index contributed by atoms with van der Waals surface area (Å²) in [7, 11) is 1.79. The fourth-order valence-electron chi connectivity index (χ4n) is 3.62. The second-order valence-electron chi connectivity index (χ2n) is 7.50. The number of anilines is 3. The quantitative estimate of drug-likeness (QED) is 0.579. The predicted octanol–water partition coefficient (Wildman–Crippen LogP) is 5.60. The summed E-state index contributed by atoms with van der Waals surface area (Å²) in [5, 5.41) is 5.45. The van der Waals surface area contributed by atoms with Crippen molar-refractivity contribution in [3.05, 3.63) is 89.7 Å². The molecule has 1 heterocycles. The summed E-state index contributed by atoms with van der Waals surface area (Å²) in [5.74, 6) is -0.372. The van der Waals surface area contributed by atoms with Crippen LogP contribution in [0.4, 0.5) is 31.0 Å². The van der Waals surface area contributed by atoms with E-state index in [1.807, 2.05) is 55.5 Å². The summed E-state index contributed by atoms with van der Waals surface area (Å²) in [5.41, 5.74) is 3.81. The first kappa shape index (κ1) is 20.4. The number of hydrogen-bond donors (Lipinski definition) is 2. The Morgan fingerprint density at radius 2 is 1.61 bits per heavy atom. The molecule has 6 nitrogen and oxygen atoms in total. The van der Waals surface area contributed by atoms with Crippen molar-refractivity contribution in [2.24, 2.45) is 0 Å². The van der Waals surface area contributed by atoms with Crippen molar-refractivity contribution in [2.45, 2.75) is 19.5 Å². The van der Waals surface area contributed by atoms with E-state index >= 15 is 0 Å². The van der Waals surface area contributed by atoms with Crippen molar-refractivity contribution in [3.63, 3.8) is 0 Å². The lowest BCUT2D eigenvalue weighted by Gasteiger charge is -2.39. The van der Waals surface area contributed by atoms with Gasteiger partial charge in [0.2, 0.25) is 0 Å². The maximum atomic E-state index is 13.1. The highest BCUT2D eigenvalue weighted by Crippen LogP contribution is 2.38. The van der Waals surface area contributed by atoms with E-state index in [1.165, 1.54) is 24.3 Å². The van der Waals surface area contributed by atoms with E-state index in [0.29, 0.717) is 17.9 Å². The number of halogens is 1. The van der Waals surface area contributed by atoms with Gasteiger partial charge in [-0.3, -0.25) is 4.90 Å². The smallest absolute Gasteiger partial charge is 0.321 e. The van der Waals surface area contributed by atoms with Gasteiger partial charge in [-0.15, -0.1) is 0 Å². The molecule has 0 saturated heterocycles. The molecule has 3 aromatic carbocycles. The van der Waals surface area contributed by atoms with Gasteiger partial charge < -0.3 is 15.5 Å². The van der Waals surface area contributed by atoms with Gasteiger partial charge in [0, 0.05) is 18.4 Å². The molecule has 31 heavy (non-hydrogen) atoms. The Bertz CT molecular complexity index is 1100. The molecule has 4 rings (SSSR count). The van der Waals surface area contributed by atoms with Crippen LogP contribution in [0.2, 0.25) is 0 Å². The summed E-state index contributed by atoms with van der Waals surface area (Å²) in [6, 6.07) is 20.2. The van der Waals surface area contributed by atoms with Crippen LogP contribution in [0, 0.1) is 5.82 Å². The van der Waals surface area contributed by atoms with Gasteiger partial charge in [-0.1, -0.05) is 36.4 Å². The molecule has 7 heteroatoms. The van der Waals surface area contributed by atoms with Gasteiger partial charge in [0.05, 0.1) is 18.3 Å². The van der Waals surface area contributed by atoms with Gasteiger partial charge in [0.15, 0.2) is 0 Å². The predicted molar refractivity (Wildman–Crippen MR) is 120 cm³/mol. The highest BCUT2D eigenvalue weighted by molar-refractivity contribution is 6.01. The van der Waals surface area contributed by atoms with E-state index < -0.39 is 6.03 Å². The number of benzene rings is 3. The van der Waals surface area contributed by atoms with Gasteiger partial charge in [0.1, 0.15) is 5.82 Å². The molecule has 0 radical (unpaired) electrons. The second-order valence-corrected chi connectivity index (χ2v) is 7.50. The van der Waals surface area contributed by atoms with Crippen LogP contribution in [0.3, 0.4) is 0 Å². The first-order chi connectivity index (χ1) is 14.9. The number of hydrogen-bond acceptors (Lipinski definition) is 2. The van der Waals surface area contributed by atoms with Crippen LogP contribution >= 0.6 is 0 Å². The van der Waals surface area contributed by atoms with Gasteiger partial charge in [-0.05, 0) is 54.4 Å². The SMILES string of the molecule is C[C@H]1c2ccc(NC(=O)Nc3ccc(F)cc3)cc2N(Cc2ccccc2)C(=O)N1C. The van der Waals surface area contributed by atoms with Crippen molar-refractivity contribution in [2.75, 3.05) is 22.6 Å². The lowest BCUT2D eigenvalue weighted by molar-refractivity contribution is 0.196. The van der Waals surface area contributed by atoms with Crippen LogP contribution in [0.1, 0.15) is 24.1 Å². The Hall–Kier alpha value is -3.87. The monoisotopic (exact) mass is 418 g/mol. The normalized spacial score (nSPS) is 15.5. The minimum Gasteiger partial charge on any atom is -0.321 e. The molecule has 1 atom stereocenters. The van der Waals surface area contributed by atoms with Crippen LogP contribution in [0.5, 0.6) is 0 Å². The third-order valence-electron chi connectivity index (χ3n) is 5.43. The molecule has 0 spiro atoms. The van der Waals surface area contributed by atoms with Crippen LogP contribution in [-0.2, 0) is 6.54 Å². The minimum absolute atomic E-state index is 0.0865. The Morgan fingerprint density at radius 3 is 2.32 bits per heavy atom. The largest absolute Gasteiger partial charge is 0.325 e. The summed E-state index contributed by atoms with van der Waals surface area (Å²) < 4.78 is 13.1. The number of carbonyl (C=O) groups is 2. The summed E-state index contributed by atoms with van der Waals surface area (Å²) in [6.07, 6.45) is 0. The van der Waals surface area contributed by atoms with E-state index in [1.54, 1.807) is 16.8 Å². The lowest BCUT2D eigenvalue weighted by Crippen LogP contribution is -2.46. The number of urea groups is 2. The Balaban J connectivity index is 1.59. The van der Waals surface area contributed by atoms with Crippen LogP contribution in [0.15, 0.2) is 72.8 Å². The van der Waals surface area contributed by atoms with E-state index in [2.05, 4.69) is 10.6 Å². The zero-order valence-corrected chi connectivity index (χ0v) is 17.3. The zero-order chi connectivity index (χ0) is 22.0. The number of nitrogens with one attached hydrogen (secondary N) is 2. The van der Waals surface area contributed by atoms with E-state index in [-0.39, 0.29) is 17.9 Å². The first-order valence-electron chi connectivity index (χ1n) is 9.98. The molecule has 1 aliphatic rings. The molecule has 0 aromatic heterocycles. The minimum atomic E-state index is -0.450. The molecule has 2 N–H and O–H groups in total. The lowest BCUT2D eigenvalue weighted by atomic mass is 10.00. The molecular weight excluding hydrogens is 395 g/mol. The third-order valence-corrected chi connectivity index (χ3v) is 5.43. The van der Waals surface area contributed by atoms with Crippen molar-refractivity contribution in [1.29, 1.82) is 0 Å². The van der Waals surface area contributed by atoms with E-state index in [4.69, 9.17) is 0 Å². The zero-order valence-electron chi connectivity index (χ0n) is 17.3. The molecule has 1 aliphatic heterocycles. The molecule has 4 amide bonds. The van der Waals surface area contributed by atoms with Gasteiger partial charge in [0.25, 0.3) is 0 Å². The van der Waals surface area contributed by atoms with Crippen molar-refractivity contribution < 1.29 is 14.0 Å². The average molecular weight is 418 g/mol. The van der Waals surface area contributed by atoms with Crippen molar-refractivity contribution >= 4 is 29.1 Å². The number of fused-ring (bicyclic) bond motifs is 1. The van der Waals surface area contributed by atoms with E-state index in [0.717, 1.165) is 16.8 Å². The number of nitrogens with zero attached hydrogens (tertiary/aromatic N) is 2. The summed E-state index contributed by atoms with van der Waals surface area (Å²) in [6.45, 7) is 2.40. The summed E-state index contributed by atoms with van der Waals surface area (Å²) >= 11 is 0. The molecule has 0 unspecified atom stereocenters. The average Bonchev–Trinajstić information content (AvgIpc) is 2.77. The first-order valence-corrected chi connectivity index (χ1v) is 9.98. The molecule has 0 saturated carbocycles. The van der Waals surface area contributed by atoms with Gasteiger partial charge in [-0.2, -0.15) is 0 Å². The highest BCUT2D eigenvalue weighted by Gasteiger charge is 2.33. The topological polar surface area (TPSA) is 64.7 Å². The number of rotatable bonds is 4.